The SMILES string of the molecule is Nc1ccc(CCCOCC2CCCCO2)cc1. The molecular formula is C15H23NO2. The number of hydrogen-bond donors (Lipinski definition) is 1. The number of nitrogen functional groups attached to an aromatic ring is 1. The van der Waals surface area contributed by atoms with Crippen LogP contribution in [-0.4, -0.2) is 25.9 Å². The highest BCUT2D eigenvalue weighted by molar-refractivity contribution is 5.39. The van der Waals surface area contributed by atoms with Gasteiger partial charge in [0.25, 0.3) is 0 Å². The average Bonchev–Trinajstić information content (AvgIpc) is 2.42. The van der Waals surface area contributed by atoms with Gasteiger partial charge in [-0.15, -0.1) is 0 Å². The van der Waals surface area contributed by atoms with Gasteiger partial charge in [-0.3, -0.25) is 0 Å². The lowest BCUT2D eigenvalue weighted by Crippen LogP contribution is -2.24. The number of aryl methyl sites for hydroxylation is 1. The van der Waals surface area contributed by atoms with E-state index in [1.165, 1.54) is 18.4 Å². The van der Waals surface area contributed by atoms with Crippen molar-refractivity contribution in [2.24, 2.45) is 0 Å². The molecule has 1 unspecified atom stereocenters. The van der Waals surface area contributed by atoms with Crippen LogP contribution >= 0.6 is 0 Å². The number of ether oxygens (including phenoxy) is 2. The molecule has 0 aliphatic carbocycles. The Morgan fingerprint density at radius 2 is 2.06 bits per heavy atom. The summed E-state index contributed by atoms with van der Waals surface area (Å²) in [5, 5.41) is 0. The van der Waals surface area contributed by atoms with Crippen LogP contribution in [-0.2, 0) is 15.9 Å². The van der Waals surface area contributed by atoms with Crippen LogP contribution in [0.15, 0.2) is 24.3 Å². The molecule has 18 heavy (non-hydrogen) atoms. The zero-order valence-electron chi connectivity index (χ0n) is 10.9. The highest BCUT2D eigenvalue weighted by Crippen LogP contribution is 2.13. The standard InChI is InChI=1S/C15H23NO2/c16-14-8-6-13(7-9-14)4-3-10-17-12-15-5-1-2-11-18-15/h6-9,15H,1-5,10-12,16H2. The minimum Gasteiger partial charge on any atom is -0.399 e. The Morgan fingerprint density at radius 1 is 1.22 bits per heavy atom. The van der Waals surface area contributed by atoms with Gasteiger partial charge in [0.05, 0.1) is 12.7 Å². The van der Waals surface area contributed by atoms with Gasteiger partial charge < -0.3 is 15.2 Å². The zero-order valence-corrected chi connectivity index (χ0v) is 10.9. The van der Waals surface area contributed by atoms with Crippen molar-refractivity contribution in [1.29, 1.82) is 0 Å². The van der Waals surface area contributed by atoms with Crippen molar-refractivity contribution in [3.8, 4) is 0 Å². The molecular weight excluding hydrogens is 226 g/mol. The molecule has 2 N–H and O–H groups in total. The molecule has 1 atom stereocenters. The minimum atomic E-state index is 0.329. The van der Waals surface area contributed by atoms with Gasteiger partial charge >= 0.3 is 0 Å². The summed E-state index contributed by atoms with van der Waals surface area (Å²) in [6, 6.07) is 8.07. The molecule has 1 fully saturated rings. The van der Waals surface area contributed by atoms with E-state index < -0.39 is 0 Å². The Morgan fingerprint density at radius 3 is 2.78 bits per heavy atom. The van der Waals surface area contributed by atoms with Crippen molar-refractivity contribution < 1.29 is 9.47 Å². The normalized spacial score (nSPS) is 19.9. The predicted molar refractivity (Wildman–Crippen MR) is 73.6 cm³/mol. The third-order valence-corrected chi connectivity index (χ3v) is 3.31. The topological polar surface area (TPSA) is 44.5 Å². The van der Waals surface area contributed by atoms with Gasteiger partial charge in [0, 0.05) is 18.9 Å². The minimum absolute atomic E-state index is 0.329. The number of anilines is 1. The summed E-state index contributed by atoms with van der Waals surface area (Å²) in [7, 11) is 0. The van der Waals surface area contributed by atoms with E-state index in [9.17, 15) is 0 Å². The molecule has 3 nitrogen and oxygen atoms in total. The summed E-state index contributed by atoms with van der Waals surface area (Å²) < 4.78 is 11.3. The van der Waals surface area contributed by atoms with Crippen molar-refractivity contribution in [2.75, 3.05) is 25.6 Å². The second-order valence-corrected chi connectivity index (χ2v) is 4.91. The van der Waals surface area contributed by atoms with E-state index in [2.05, 4.69) is 12.1 Å². The van der Waals surface area contributed by atoms with Crippen LogP contribution in [0.2, 0.25) is 0 Å². The summed E-state index contributed by atoms with van der Waals surface area (Å²) in [5.74, 6) is 0. The van der Waals surface area contributed by atoms with Gasteiger partial charge in [0.2, 0.25) is 0 Å². The van der Waals surface area contributed by atoms with Gasteiger partial charge in [-0.1, -0.05) is 12.1 Å². The van der Waals surface area contributed by atoms with Gasteiger partial charge in [-0.25, -0.2) is 0 Å². The van der Waals surface area contributed by atoms with E-state index in [1.54, 1.807) is 0 Å². The van der Waals surface area contributed by atoms with Crippen molar-refractivity contribution >= 4 is 5.69 Å². The van der Waals surface area contributed by atoms with E-state index >= 15 is 0 Å². The molecule has 2 rings (SSSR count). The maximum Gasteiger partial charge on any atom is 0.0808 e. The van der Waals surface area contributed by atoms with E-state index in [-0.39, 0.29) is 0 Å². The molecule has 100 valence electrons. The fraction of sp³-hybridized carbons (Fsp3) is 0.600. The molecule has 1 aliphatic rings. The zero-order chi connectivity index (χ0) is 12.6. The third kappa shape index (κ3) is 4.67. The molecule has 3 heteroatoms. The summed E-state index contributed by atoms with van der Waals surface area (Å²) >= 11 is 0. The fourth-order valence-electron chi connectivity index (χ4n) is 2.22. The number of rotatable bonds is 6. The van der Waals surface area contributed by atoms with Crippen LogP contribution in [0.25, 0.3) is 0 Å². The van der Waals surface area contributed by atoms with Crippen LogP contribution in [0.3, 0.4) is 0 Å². The average molecular weight is 249 g/mol. The molecule has 1 saturated heterocycles. The van der Waals surface area contributed by atoms with E-state index in [0.29, 0.717) is 6.10 Å². The van der Waals surface area contributed by atoms with E-state index in [1.807, 2.05) is 12.1 Å². The van der Waals surface area contributed by atoms with Gasteiger partial charge in [-0.05, 0) is 49.8 Å². The van der Waals surface area contributed by atoms with Gasteiger partial charge in [-0.2, -0.15) is 0 Å². The maximum absolute atomic E-state index is 5.67. The first-order valence-corrected chi connectivity index (χ1v) is 6.88. The first-order valence-electron chi connectivity index (χ1n) is 6.88. The van der Waals surface area contributed by atoms with Crippen molar-refractivity contribution in [1.82, 2.24) is 0 Å². The molecule has 1 aromatic carbocycles. The first kappa shape index (κ1) is 13.4. The molecule has 0 saturated carbocycles. The molecule has 0 radical (unpaired) electrons. The van der Waals surface area contributed by atoms with Crippen LogP contribution < -0.4 is 5.73 Å². The van der Waals surface area contributed by atoms with Crippen molar-refractivity contribution in [2.45, 2.75) is 38.2 Å². The predicted octanol–water partition coefficient (Wildman–Crippen LogP) is 2.79. The Hall–Kier alpha value is -1.06. The summed E-state index contributed by atoms with van der Waals surface area (Å²) in [5.41, 5.74) is 7.79. The highest BCUT2D eigenvalue weighted by Gasteiger charge is 2.13. The molecule has 1 heterocycles. The molecule has 0 aromatic heterocycles. The monoisotopic (exact) mass is 249 g/mol. The summed E-state index contributed by atoms with van der Waals surface area (Å²) in [6.45, 7) is 2.46. The quantitative estimate of drug-likeness (QED) is 0.623. The lowest BCUT2D eigenvalue weighted by atomic mass is 10.1. The maximum atomic E-state index is 5.67. The first-order chi connectivity index (χ1) is 8.84. The van der Waals surface area contributed by atoms with E-state index in [4.69, 9.17) is 15.2 Å². The third-order valence-electron chi connectivity index (χ3n) is 3.31. The number of hydrogen-bond acceptors (Lipinski definition) is 3. The Balaban J connectivity index is 1.54. The van der Waals surface area contributed by atoms with E-state index in [0.717, 1.165) is 44.8 Å². The number of benzene rings is 1. The largest absolute Gasteiger partial charge is 0.399 e. The fourth-order valence-corrected chi connectivity index (χ4v) is 2.22. The molecule has 1 aromatic rings. The molecule has 0 amide bonds. The highest BCUT2D eigenvalue weighted by atomic mass is 16.5. The van der Waals surface area contributed by atoms with Crippen molar-refractivity contribution in [3.63, 3.8) is 0 Å². The number of nitrogens with two attached hydrogens (primary N) is 1. The van der Waals surface area contributed by atoms with Gasteiger partial charge in [0.1, 0.15) is 0 Å². The molecule has 1 aliphatic heterocycles. The van der Waals surface area contributed by atoms with Crippen LogP contribution in [0.4, 0.5) is 5.69 Å². The van der Waals surface area contributed by atoms with Crippen LogP contribution in [0.1, 0.15) is 31.2 Å². The van der Waals surface area contributed by atoms with Gasteiger partial charge in [0.15, 0.2) is 0 Å². The smallest absolute Gasteiger partial charge is 0.0808 e. The lowest BCUT2D eigenvalue weighted by molar-refractivity contribution is -0.0408. The Labute approximate surface area is 109 Å². The Kier molecular flexibility index (Phi) is 5.49. The Bertz CT molecular complexity index is 331. The van der Waals surface area contributed by atoms with Crippen LogP contribution in [0, 0.1) is 0 Å². The van der Waals surface area contributed by atoms with Crippen LogP contribution in [0.5, 0.6) is 0 Å². The van der Waals surface area contributed by atoms with Crippen molar-refractivity contribution in [3.05, 3.63) is 29.8 Å². The lowest BCUT2D eigenvalue weighted by Gasteiger charge is -2.22. The second kappa shape index (κ2) is 7.39. The summed E-state index contributed by atoms with van der Waals surface area (Å²) in [6.07, 6.45) is 6.06. The molecule has 0 spiro atoms. The summed E-state index contributed by atoms with van der Waals surface area (Å²) in [4.78, 5) is 0. The molecule has 0 bridgehead atoms. The second-order valence-electron chi connectivity index (χ2n) is 4.91.